The Morgan fingerprint density at radius 3 is 2.11 bits per heavy atom. The fraction of sp³-hybridized carbons (Fsp3) is 0.733. The highest BCUT2D eigenvalue weighted by molar-refractivity contribution is 5.39. The molecule has 5 rings (SSSR count). The van der Waals surface area contributed by atoms with Gasteiger partial charge in [-0.25, -0.2) is 0 Å². The van der Waals surface area contributed by atoms with Crippen molar-refractivity contribution in [2.24, 2.45) is 17.8 Å². The van der Waals surface area contributed by atoms with Gasteiger partial charge in [-0.2, -0.15) is 5.10 Å². The predicted molar refractivity (Wildman–Crippen MR) is 71.0 cm³/mol. The summed E-state index contributed by atoms with van der Waals surface area (Å²) in [5.41, 5.74) is 8.48. The highest BCUT2D eigenvalue weighted by Crippen LogP contribution is 2.60. The fourth-order valence-electron chi connectivity index (χ4n) is 5.18. The number of aromatic nitrogens is 2. The molecule has 4 aliphatic carbocycles. The summed E-state index contributed by atoms with van der Waals surface area (Å²) in [6.07, 6.45) is 8.45. The molecule has 18 heavy (non-hydrogen) atoms. The maximum atomic E-state index is 5.81. The van der Waals surface area contributed by atoms with Crippen molar-refractivity contribution in [2.45, 2.75) is 50.9 Å². The third-order valence-corrected chi connectivity index (χ3v) is 5.60. The second-order valence-electron chi connectivity index (χ2n) is 7.00. The van der Waals surface area contributed by atoms with Crippen molar-refractivity contribution in [2.75, 3.05) is 5.73 Å². The van der Waals surface area contributed by atoms with E-state index in [1.165, 1.54) is 44.2 Å². The molecule has 0 saturated heterocycles. The molecular weight excluding hydrogens is 222 g/mol. The van der Waals surface area contributed by atoms with E-state index in [9.17, 15) is 0 Å². The summed E-state index contributed by atoms with van der Waals surface area (Å²) in [4.78, 5) is 0. The normalized spacial score (nSPS) is 41.3. The lowest BCUT2D eigenvalue weighted by Gasteiger charge is -2.56. The van der Waals surface area contributed by atoms with Gasteiger partial charge in [-0.1, -0.05) is 0 Å². The first-order valence-corrected chi connectivity index (χ1v) is 7.25. The number of hydrogen-bond donors (Lipinski definition) is 1. The molecule has 0 radical (unpaired) electrons. The molecule has 4 fully saturated rings. The third-order valence-electron chi connectivity index (χ3n) is 5.60. The lowest BCUT2D eigenvalue weighted by Crippen LogP contribution is -2.49. The minimum Gasteiger partial charge on any atom is -0.382 e. The molecule has 1 aromatic rings. The predicted octanol–water partition coefficient (Wildman–Crippen LogP) is 2.84. The van der Waals surface area contributed by atoms with Crippen LogP contribution in [0, 0.1) is 24.7 Å². The van der Waals surface area contributed by atoms with E-state index in [0.717, 1.165) is 23.3 Å². The van der Waals surface area contributed by atoms with E-state index in [4.69, 9.17) is 5.73 Å². The van der Waals surface area contributed by atoms with Gasteiger partial charge < -0.3 is 5.73 Å². The van der Waals surface area contributed by atoms with Gasteiger partial charge in [0.25, 0.3) is 0 Å². The van der Waals surface area contributed by atoms with Gasteiger partial charge in [-0.15, -0.1) is 5.10 Å². The average Bonchev–Trinajstić information content (AvgIpc) is 2.31. The molecule has 96 valence electrons. The largest absolute Gasteiger partial charge is 0.382 e. The number of hydrogen-bond acceptors (Lipinski definition) is 3. The van der Waals surface area contributed by atoms with Crippen molar-refractivity contribution >= 4 is 5.82 Å². The Balaban J connectivity index is 1.76. The lowest BCUT2D eigenvalue weighted by molar-refractivity contribution is -0.00760. The van der Waals surface area contributed by atoms with Crippen LogP contribution in [0.15, 0.2) is 6.07 Å². The molecule has 0 atom stereocenters. The molecule has 3 nitrogen and oxygen atoms in total. The van der Waals surface area contributed by atoms with Gasteiger partial charge in [0, 0.05) is 5.41 Å². The van der Waals surface area contributed by atoms with Crippen LogP contribution in [0.3, 0.4) is 0 Å². The van der Waals surface area contributed by atoms with Crippen LogP contribution in [-0.4, -0.2) is 10.2 Å². The summed E-state index contributed by atoms with van der Waals surface area (Å²) in [7, 11) is 0. The topological polar surface area (TPSA) is 51.8 Å². The van der Waals surface area contributed by atoms with E-state index in [1.807, 2.05) is 6.92 Å². The lowest BCUT2D eigenvalue weighted by atomic mass is 9.49. The smallest absolute Gasteiger partial charge is 0.149 e. The monoisotopic (exact) mass is 243 g/mol. The molecule has 4 aliphatic rings. The van der Waals surface area contributed by atoms with Crippen LogP contribution in [0.5, 0.6) is 0 Å². The summed E-state index contributed by atoms with van der Waals surface area (Å²) >= 11 is 0. The molecule has 1 aromatic heterocycles. The van der Waals surface area contributed by atoms with Crippen molar-refractivity contribution in [3.8, 4) is 0 Å². The summed E-state index contributed by atoms with van der Waals surface area (Å²) in [6.45, 7) is 2.05. The number of nitrogen functional groups attached to an aromatic ring is 1. The van der Waals surface area contributed by atoms with E-state index >= 15 is 0 Å². The van der Waals surface area contributed by atoms with E-state index < -0.39 is 0 Å². The average molecular weight is 243 g/mol. The molecule has 4 saturated carbocycles. The van der Waals surface area contributed by atoms with Gasteiger partial charge in [0.1, 0.15) is 5.82 Å². The Labute approximate surface area is 108 Å². The van der Waals surface area contributed by atoms with E-state index in [-0.39, 0.29) is 0 Å². The summed E-state index contributed by atoms with van der Waals surface area (Å²) in [5.74, 6) is 3.45. The number of anilines is 1. The van der Waals surface area contributed by atoms with Crippen molar-refractivity contribution < 1.29 is 0 Å². The molecule has 1 heterocycles. The number of rotatable bonds is 1. The van der Waals surface area contributed by atoms with Crippen molar-refractivity contribution in [1.29, 1.82) is 0 Å². The maximum absolute atomic E-state index is 5.81. The molecule has 0 unspecified atom stereocenters. The minimum absolute atomic E-state index is 0.347. The first-order valence-electron chi connectivity index (χ1n) is 7.25. The Morgan fingerprint density at radius 2 is 1.61 bits per heavy atom. The van der Waals surface area contributed by atoms with E-state index in [0.29, 0.717) is 11.2 Å². The summed E-state index contributed by atoms with van der Waals surface area (Å²) in [6, 6.07) is 2.20. The molecule has 3 heteroatoms. The van der Waals surface area contributed by atoms with Gasteiger partial charge in [-0.05, 0) is 74.8 Å². The van der Waals surface area contributed by atoms with Crippen LogP contribution < -0.4 is 5.73 Å². The quantitative estimate of drug-likeness (QED) is 0.825. The van der Waals surface area contributed by atoms with Crippen molar-refractivity contribution in [1.82, 2.24) is 10.2 Å². The first-order chi connectivity index (χ1) is 8.64. The zero-order valence-electron chi connectivity index (χ0n) is 11.0. The van der Waals surface area contributed by atoms with Crippen LogP contribution in [0.1, 0.15) is 49.8 Å². The molecule has 4 bridgehead atoms. The van der Waals surface area contributed by atoms with Gasteiger partial charge in [0.05, 0.1) is 5.69 Å². The summed E-state index contributed by atoms with van der Waals surface area (Å²) < 4.78 is 0. The number of nitrogens with zero attached hydrogens (tertiary/aromatic N) is 2. The molecule has 2 N–H and O–H groups in total. The van der Waals surface area contributed by atoms with E-state index in [1.54, 1.807) is 0 Å². The fourth-order valence-corrected chi connectivity index (χ4v) is 5.18. The molecule has 0 spiro atoms. The SMILES string of the molecule is Cc1cc(C23CC4CC(CC(C4)C2)C3)nnc1N. The molecule has 0 aliphatic heterocycles. The Hall–Kier alpha value is -1.12. The van der Waals surface area contributed by atoms with Crippen LogP contribution in [-0.2, 0) is 5.41 Å². The van der Waals surface area contributed by atoms with Crippen molar-refractivity contribution in [3.63, 3.8) is 0 Å². The number of nitrogens with two attached hydrogens (primary N) is 1. The van der Waals surface area contributed by atoms with Gasteiger partial charge >= 0.3 is 0 Å². The van der Waals surface area contributed by atoms with Gasteiger partial charge in [-0.3, -0.25) is 0 Å². The highest BCUT2D eigenvalue weighted by atomic mass is 15.1. The maximum Gasteiger partial charge on any atom is 0.149 e. The Bertz CT molecular complexity index is 459. The van der Waals surface area contributed by atoms with Gasteiger partial charge in [0.15, 0.2) is 0 Å². The third kappa shape index (κ3) is 1.42. The molecular formula is C15H21N3. The summed E-state index contributed by atoms with van der Waals surface area (Å²) in [5, 5.41) is 8.62. The second kappa shape index (κ2) is 3.46. The Kier molecular flexibility index (Phi) is 2.07. The standard InChI is InChI=1S/C15H21N3/c1-9-2-13(17-18-14(9)16)15-6-10-3-11(7-15)5-12(4-10)8-15/h2,10-12H,3-8H2,1H3,(H2,16,18). The Morgan fingerprint density at radius 1 is 1.06 bits per heavy atom. The second-order valence-corrected chi connectivity index (χ2v) is 7.00. The molecule has 0 amide bonds. The van der Waals surface area contributed by atoms with Crippen LogP contribution in [0.25, 0.3) is 0 Å². The zero-order chi connectivity index (χ0) is 12.3. The van der Waals surface area contributed by atoms with E-state index in [2.05, 4.69) is 16.3 Å². The molecule has 0 aromatic carbocycles. The van der Waals surface area contributed by atoms with Crippen molar-refractivity contribution in [3.05, 3.63) is 17.3 Å². The minimum atomic E-state index is 0.347. The van der Waals surface area contributed by atoms with Crippen LogP contribution in [0.2, 0.25) is 0 Å². The van der Waals surface area contributed by atoms with Crippen LogP contribution >= 0.6 is 0 Å². The zero-order valence-corrected chi connectivity index (χ0v) is 11.0. The van der Waals surface area contributed by atoms with Gasteiger partial charge in [0.2, 0.25) is 0 Å². The highest BCUT2D eigenvalue weighted by Gasteiger charge is 2.52. The van der Waals surface area contributed by atoms with Crippen LogP contribution in [0.4, 0.5) is 5.82 Å². The first kappa shape index (κ1) is 10.8. The number of aryl methyl sites for hydroxylation is 1.